The van der Waals surface area contributed by atoms with Crippen LogP contribution in [0.3, 0.4) is 0 Å². The molecule has 0 nitrogen and oxygen atoms in total. The summed E-state index contributed by atoms with van der Waals surface area (Å²) in [6, 6.07) is 11.0. The van der Waals surface area contributed by atoms with Gasteiger partial charge in [-0.2, -0.15) is 5.20 Å². The summed E-state index contributed by atoms with van der Waals surface area (Å²) in [5.41, 5.74) is 3.21. The summed E-state index contributed by atoms with van der Waals surface area (Å²) >= 11 is 0. The van der Waals surface area contributed by atoms with Gasteiger partial charge in [0.05, 0.1) is 9.52 Å². The zero-order chi connectivity index (χ0) is 14.4. The van der Waals surface area contributed by atoms with E-state index >= 15 is 0 Å². The average molecular weight is 438 g/mol. The summed E-state index contributed by atoms with van der Waals surface area (Å²) in [6.07, 6.45) is 10.3. The molecule has 0 spiro atoms. The molecule has 0 fully saturated rings. The second-order valence-corrected chi connectivity index (χ2v) is 8.22. The number of hydrogen-bond acceptors (Lipinski definition) is 0. The van der Waals surface area contributed by atoms with E-state index in [2.05, 4.69) is 57.2 Å². The van der Waals surface area contributed by atoms with E-state index in [4.69, 9.17) is 0 Å². The van der Waals surface area contributed by atoms with Gasteiger partial charge in [0.15, 0.2) is 0 Å². The van der Waals surface area contributed by atoms with Crippen LogP contribution >= 0.6 is 0 Å². The maximum atomic E-state index is 3.77. The summed E-state index contributed by atoms with van der Waals surface area (Å²) < 4.78 is 0. The van der Waals surface area contributed by atoms with Crippen molar-refractivity contribution in [2.75, 3.05) is 0 Å². The van der Waals surface area contributed by atoms with Gasteiger partial charge in [-0.3, -0.25) is 6.08 Å². The first-order valence-electron chi connectivity index (χ1n) is 8.08. The molecule has 1 aliphatic carbocycles. The smallest absolute Gasteiger partial charge is 1.00 e. The van der Waals surface area contributed by atoms with Crippen LogP contribution in [0.2, 0.25) is 0 Å². The van der Waals surface area contributed by atoms with E-state index < -0.39 is 0 Å². The minimum atomic E-state index is -0.295. The number of unbranched alkanes of at least 4 members (excludes halogenated alkanes) is 2. The Morgan fingerprint density at radius 2 is 1.67 bits per heavy atom. The Hall–Kier alpha value is 0.501. The topological polar surface area (TPSA) is 0 Å². The van der Waals surface area contributed by atoms with E-state index in [0.717, 1.165) is 0 Å². The Labute approximate surface area is 184 Å². The van der Waals surface area contributed by atoms with E-state index in [9.17, 15) is 0 Å². The van der Waals surface area contributed by atoms with Crippen molar-refractivity contribution in [3.05, 3.63) is 52.8 Å². The predicted octanol–water partition coefficient (Wildman–Crippen LogP) is -4.89. The van der Waals surface area contributed by atoms with Crippen molar-refractivity contribution in [2.24, 2.45) is 5.92 Å². The van der Waals surface area contributed by atoms with Crippen LogP contribution in [0.5, 0.6) is 0 Å². The molecule has 132 valence electrons. The van der Waals surface area contributed by atoms with E-state index in [1.54, 1.807) is 16.0 Å². The molecule has 0 saturated carbocycles. The van der Waals surface area contributed by atoms with Crippen LogP contribution in [-0.4, -0.2) is 9.52 Å². The molecule has 5 heteroatoms. The fourth-order valence-electron chi connectivity index (χ4n) is 2.99. The third kappa shape index (κ3) is 9.27. The molecule has 0 aliphatic heterocycles. The van der Waals surface area contributed by atoms with Crippen molar-refractivity contribution in [3.8, 4) is 0 Å². The maximum absolute atomic E-state index is 3.77. The van der Waals surface area contributed by atoms with E-state index in [1.807, 2.05) is 0 Å². The van der Waals surface area contributed by atoms with Crippen LogP contribution in [0.4, 0.5) is 0 Å². The van der Waals surface area contributed by atoms with Gasteiger partial charge in [0.2, 0.25) is 0 Å². The summed E-state index contributed by atoms with van der Waals surface area (Å²) in [5, 5.41) is 3.17. The van der Waals surface area contributed by atoms with Gasteiger partial charge >= 0.3 is 21.7 Å². The fraction of sp³-hybridized carbons (Fsp3) is 0.474. The van der Waals surface area contributed by atoms with Gasteiger partial charge < -0.3 is 37.2 Å². The predicted molar refractivity (Wildman–Crippen MR) is 92.0 cm³/mol. The molecule has 1 aromatic carbocycles. The molecule has 0 radical (unpaired) electrons. The third-order valence-corrected chi connectivity index (χ3v) is 5.77. The van der Waals surface area contributed by atoms with Crippen molar-refractivity contribution in [1.82, 2.24) is 0 Å². The van der Waals surface area contributed by atoms with Crippen LogP contribution in [-0.2, 0) is 21.7 Å². The molecule has 24 heavy (non-hydrogen) atoms. The van der Waals surface area contributed by atoms with Crippen molar-refractivity contribution in [3.63, 3.8) is 0 Å². The summed E-state index contributed by atoms with van der Waals surface area (Å²) in [6.45, 7) is 6.91. The SMILES string of the molecule is CCCCCC1=C(C(C)C)[C-]=C([SiH2]c2ccccc2)C1.[Cl-].[Cl-].[Cl-].[Ti+4]. The third-order valence-electron chi connectivity index (χ3n) is 4.04. The molecule has 0 bridgehead atoms. The van der Waals surface area contributed by atoms with Gasteiger partial charge in [-0.05, 0) is 0 Å². The Bertz CT molecular complexity index is 499. The van der Waals surface area contributed by atoms with E-state index in [1.165, 1.54) is 37.7 Å². The summed E-state index contributed by atoms with van der Waals surface area (Å²) in [5.74, 6) is 0.633. The zero-order valence-corrected chi connectivity index (χ0v) is 20.1. The first kappa shape index (κ1) is 29.3. The molecular weight excluding hydrogens is 411 g/mol. The van der Waals surface area contributed by atoms with Crippen LogP contribution < -0.4 is 42.4 Å². The van der Waals surface area contributed by atoms with Crippen molar-refractivity contribution < 1.29 is 58.9 Å². The van der Waals surface area contributed by atoms with Gasteiger partial charge in [-0.1, -0.05) is 94.3 Å². The van der Waals surface area contributed by atoms with E-state index in [0.29, 0.717) is 5.92 Å². The second-order valence-electron chi connectivity index (χ2n) is 6.20. The van der Waals surface area contributed by atoms with Crippen molar-refractivity contribution in [1.29, 1.82) is 0 Å². The minimum absolute atomic E-state index is 0. The molecule has 0 heterocycles. The molecule has 1 aromatic rings. The zero-order valence-electron chi connectivity index (χ0n) is 14.8. The molecule has 0 amide bonds. The molecule has 2 rings (SSSR count). The van der Waals surface area contributed by atoms with Gasteiger partial charge in [-0.25, -0.2) is 11.1 Å². The Kier molecular flexibility index (Phi) is 19.2. The Balaban J connectivity index is -0.00000110. The van der Waals surface area contributed by atoms with Gasteiger partial charge in [-0.15, -0.1) is 0 Å². The van der Waals surface area contributed by atoms with Crippen molar-refractivity contribution >= 4 is 14.7 Å². The number of benzene rings is 1. The second kappa shape index (κ2) is 15.7. The molecule has 0 atom stereocenters. The number of hydrogen-bond donors (Lipinski definition) is 0. The largest absolute Gasteiger partial charge is 4.00 e. The standard InChI is InChI=1S/C19H27Si.3ClH.Ti/c1-4-5-7-10-16-13-18(14-19(16)15(2)3)20-17-11-8-6-9-12-17;;;;/h6,8-9,11-12,15H,4-5,7,10,13,20H2,1-3H3;3*1H;/q-1;;;;+4/p-3. The maximum Gasteiger partial charge on any atom is 4.00 e. The monoisotopic (exact) mass is 436 g/mol. The molecule has 0 aromatic heterocycles. The molecular formula is C19H27Cl3SiTi. The van der Waals surface area contributed by atoms with Gasteiger partial charge in [0.25, 0.3) is 0 Å². The van der Waals surface area contributed by atoms with Crippen molar-refractivity contribution in [2.45, 2.75) is 52.9 Å². The number of rotatable bonds is 7. The first-order chi connectivity index (χ1) is 9.70. The summed E-state index contributed by atoms with van der Waals surface area (Å²) in [4.78, 5) is 0. The van der Waals surface area contributed by atoms with Crippen LogP contribution in [0, 0.1) is 12.0 Å². The molecule has 0 N–H and O–H groups in total. The average Bonchev–Trinajstić information content (AvgIpc) is 2.83. The first-order valence-corrected chi connectivity index (χ1v) is 9.49. The number of allylic oxidation sites excluding steroid dienone is 4. The van der Waals surface area contributed by atoms with Gasteiger partial charge in [0, 0.05) is 0 Å². The molecule has 0 saturated heterocycles. The normalized spacial score (nSPS) is 13.1. The molecule has 1 aliphatic rings. The van der Waals surface area contributed by atoms with Gasteiger partial charge in [0.1, 0.15) is 0 Å². The fourth-order valence-corrected chi connectivity index (χ4v) is 4.70. The Morgan fingerprint density at radius 3 is 2.21 bits per heavy atom. The van der Waals surface area contributed by atoms with Crippen LogP contribution in [0.1, 0.15) is 52.9 Å². The van der Waals surface area contributed by atoms with E-state index in [-0.39, 0.29) is 68.5 Å². The van der Waals surface area contributed by atoms with Crippen LogP contribution in [0.25, 0.3) is 0 Å². The quantitative estimate of drug-likeness (QED) is 0.228. The Morgan fingerprint density at radius 1 is 1.04 bits per heavy atom. The summed E-state index contributed by atoms with van der Waals surface area (Å²) in [7, 11) is -0.295. The molecule has 0 unspecified atom stereocenters. The van der Waals surface area contributed by atoms with Crippen LogP contribution in [0.15, 0.2) is 46.7 Å². The number of halogens is 3. The minimum Gasteiger partial charge on any atom is -1.00 e.